The van der Waals surface area contributed by atoms with Crippen molar-refractivity contribution >= 4 is 29.7 Å². The standard InChI is InChI=1S/C25H43N5O7/c1-17(2)21(28(7)8)23(34)27-18(3)22(33)26-11-12-29(24(35)37-25(4,5)6)13-15-36-16-14-30-19(31)9-10-20(30)32/h9-10,17-18,21H,11-16H2,1-8H3,(H,26,33)(H,27,34)/t18-,21-/m0/s1. The molecule has 2 N–H and O–H groups in total. The predicted molar refractivity (Wildman–Crippen MR) is 137 cm³/mol. The maximum Gasteiger partial charge on any atom is 0.410 e. The van der Waals surface area contributed by atoms with Crippen LogP contribution in [-0.2, 0) is 28.7 Å². The first kappa shape index (κ1) is 32.0. The average Bonchev–Trinajstić information content (AvgIpc) is 3.07. The van der Waals surface area contributed by atoms with Crippen LogP contribution < -0.4 is 10.6 Å². The number of rotatable bonds is 14. The van der Waals surface area contributed by atoms with Gasteiger partial charge in [0.25, 0.3) is 11.8 Å². The van der Waals surface area contributed by atoms with Gasteiger partial charge in [0.15, 0.2) is 0 Å². The SMILES string of the molecule is CC(C)[C@@H](C(=O)N[C@@H](C)C(=O)NCCN(CCOCCN1C(=O)C=CC1=O)C(=O)OC(C)(C)C)N(C)C. The summed E-state index contributed by atoms with van der Waals surface area (Å²) in [5.41, 5.74) is -0.707. The minimum atomic E-state index is -0.752. The molecule has 1 aliphatic heterocycles. The van der Waals surface area contributed by atoms with Crippen molar-refractivity contribution in [3.8, 4) is 0 Å². The summed E-state index contributed by atoms with van der Waals surface area (Å²) in [5, 5.41) is 5.47. The molecule has 12 nitrogen and oxygen atoms in total. The van der Waals surface area contributed by atoms with Gasteiger partial charge in [-0.05, 0) is 47.7 Å². The molecule has 1 rings (SSSR count). The number of nitrogens with one attached hydrogen (secondary N) is 2. The molecule has 0 saturated carbocycles. The molecule has 1 heterocycles. The van der Waals surface area contributed by atoms with E-state index in [1.165, 1.54) is 17.1 Å². The van der Waals surface area contributed by atoms with Crippen molar-refractivity contribution in [1.82, 2.24) is 25.3 Å². The van der Waals surface area contributed by atoms with Gasteiger partial charge < -0.3 is 25.0 Å². The molecule has 0 aliphatic carbocycles. The third-order valence-corrected chi connectivity index (χ3v) is 5.41. The lowest BCUT2D eigenvalue weighted by atomic mass is 10.0. The molecule has 0 unspecified atom stereocenters. The summed E-state index contributed by atoms with van der Waals surface area (Å²) in [6.45, 7) is 11.6. The molecule has 0 aromatic carbocycles. The highest BCUT2D eigenvalue weighted by Gasteiger charge is 2.27. The Morgan fingerprint density at radius 2 is 1.57 bits per heavy atom. The summed E-state index contributed by atoms with van der Waals surface area (Å²) < 4.78 is 11.0. The van der Waals surface area contributed by atoms with E-state index in [4.69, 9.17) is 9.47 Å². The molecule has 37 heavy (non-hydrogen) atoms. The van der Waals surface area contributed by atoms with Gasteiger partial charge in [0, 0.05) is 31.8 Å². The molecule has 210 valence electrons. The molecular formula is C25H43N5O7. The monoisotopic (exact) mass is 525 g/mol. The van der Waals surface area contributed by atoms with Gasteiger partial charge in [0.05, 0.1) is 25.8 Å². The number of amides is 5. The van der Waals surface area contributed by atoms with Crippen molar-refractivity contribution in [1.29, 1.82) is 0 Å². The Balaban J connectivity index is 2.56. The second kappa shape index (κ2) is 14.7. The van der Waals surface area contributed by atoms with Gasteiger partial charge >= 0.3 is 6.09 Å². The average molecular weight is 526 g/mol. The number of likely N-dealkylation sites (N-methyl/N-ethyl adjacent to an activating group) is 1. The van der Waals surface area contributed by atoms with Crippen LogP contribution in [0.15, 0.2) is 12.2 Å². The Morgan fingerprint density at radius 1 is 0.973 bits per heavy atom. The van der Waals surface area contributed by atoms with Crippen molar-refractivity contribution in [3.63, 3.8) is 0 Å². The molecule has 5 amide bonds. The highest BCUT2D eigenvalue weighted by atomic mass is 16.6. The Labute approximate surface area is 219 Å². The maximum atomic E-state index is 12.6. The van der Waals surface area contributed by atoms with Gasteiger partial charge in [-0.15, -0.1) is 0 Å². The number of nitrogens with zero attached hydrogens (tertiary/aromatic N) is 3. The summed E-state index contributed by atoms with van der Waals surface area (Å²) in [7, 11) is 3.62. The first-order valence-electron chi connectivity index (χ1n) is 12.5. The van der Waals surface area contributed by atoms with Crippen LogP contribution in [0.4, 0.5) is 4.79 Å². The molecular weight excluding hydrogens is 482 g/mol. The minimum Gasteiger partial charge on any atom is -0.444 e. The molecule has 0 bridgehead atoms. The molecule has 2 atom stereocenters. The van der Waals surface area contributed by atoms with Crippen molar-refractivity contribution in [2.45, 2.75) is 59.2 Å². The van der Waals surface area contributed by atoms with Crippen LogP contribution in [0.5, 0.6) is 0 Å². The van der Waals surface area contributed by atoms with Crippen LogP contribution in [0.1, 0.15) is 41.5 Å². The van der Waals surface area contributed by atoms with E-state index in [0.29, 0.717) is 0 Å². The topological polar surface area (TPSA) is 138 Å². The smallest absolute Gasteiger partial charge is 0.410 e. The van der Waals surface area contributed by atoms with Crippen molar-refractivity contribution in [2.24, 2.45) is 5.92 Å². The fourth-order valence-corrected chi connectivity index (χ4v) is 3.67. The van der Waals surface area contributed by atoms with E-state index in [1.807, 2.05) is 32.8 Å². The molecule has 0 aromatic heterocycles. The second-order valence-electron chi connectivity index (χ2n) is 10.4. The van der Waals surface area contributed by atoms with E-state index in [1.54, 1.807) is 27.7 Å². The summed E-state index contributed by atoms with van der Waals surface area (Å²) >= 11 is 0. The van der Waals surface area contributed by atoms with Gasteiger partial charge in [-0.3, -0.25) is 29.0 Å². The third kappa shape index (κ3) is 11.3. The van der Waals surface area contributed by atoms with Crippen LogP contribution in [0.3, 0.4) is 0 Å². The highest BCUT2D eigenvalue weighted by molar-refractivity contribution is 6.12. The van der Waals surface area contributed by atoms with E-state index in [0.717, 1.165) is 4.90 Å². The molecule has 0 saturated heterocycles. The summed E-state index contributed by atoms with van der Waals surface area (Å²) in [4.78, 5) is 65.2. The zero-order valence-electron chi connectivity index (χ0n) is 23.3. The van der Waals surface area contributed by atoms with E-state index < -0.39 is 17.7 Å². The quantitative estimate of drug-likeness (QED) is 0.245. The number of hydrogen-bond donors (Lipinski definition) is 2. The predicted octanol–water partition coefficient (Wildman–Crippen LogP) is 0.372. The van der Waals surface area contributed by atoms with Crippen LogP contribution in [-0.4, -0.2) is 116 Å². The number of carbonyl (C=O) groups excluding carboxylic acids is 5. The molecule has 12 heteroatoms. The van der Waals surface area contributed by atoms with Crippen LogP contribution in [0.25, 0.3) is 0 Å². The first-order valence-corrected chi connectivity index (χ1v) is 12.5. The second-order valence-corrected chi connectivity index (χ2v) is 10.4. The Bertz CT molecular complexity index is 825. The van der Waals surface area contributed by atoms with Crippen LogP contribution in [0.2, 0.25) is 0 Å². The van der Waals surface area contributed by atoms with Gasteiger partial charge in [-0.2, -0.15) is 0 Å². The van der Waals surface area contributed by atoms with Crippen molar-refractivity contribution < 1.29 is 33.4 Å². The van der Waals surface area contributed by atoms with Crippen molar-refractivity contribution in [3.05, 3.63) is 12.2 Å². The Morgan fingerprint density at radius 3 is 2.08 bits per heavy atom. The van der Waals surface area contributed by atoms with Crippen molar-refractivity contribution in [2.75, 3.05) is 53.5 Å². The summed E-state index contributed by atoms with van der Waals surface area (Å²) in [6.07, 6.45) is 1.85. The Hall–Kier alpha value is -2.99. The molecule has 1 aliphatic rings. The van der Waals surface area contributed by atoms with Gasteiger partial charge in [-0.1, -0.05) is 13.8 Å². The largest absolute Gasteiger partial charge is 0.444 e. The summed E-state index contributed by atoms with van der Waals surface area (Å²) in [5.74, 6) is -1.30. The van der Waals surface area contributed by atoms with Crippen LogP contribution in [0, 0.1) is 5.92 Å². The molecule has 0 aromatic rings. The van der Waals surface area contributed by atoms with E-state index in [2.05, 4.69) is 10.6 Å². The van der Waals surface area contributed by atoms with Gasteiger partial charge in [0.2, 0.25) is 11.8 Å². The maximum absolute atomic E-state index is 12.6. The van der Waals surface area contributed by atoms with Gasteiger partial charge in [0.1, 0.15) is 11.6 Å². The molecule has 0 radical (unpaired) electrons. The zero-order valence-corrected chi connectivity index (χ0v) is 23.3. The van der Waals surface area contributed by atoms with E-state index in [9.17, 15) is 24.0 Å². The Kier molecular flexibility index (Phi) is 12.7. The first-order chi connectivity index (χ1) is 17.1. The molecule has 0 fully saturated rings. The van der Waals surface area contributed by atoms with Crippen LogP contribution >= 0.6 is 0 Å². The lowest BCUT2D eigenvalue weighted by molar-refractivity contribution is -0.137. The normalized spacial score (nSPS) is 15.2. The number of ether oxygens (including phenoxy) is 2. The third-order valence-electron chi connectivity index (χ3n) is 5.41. The number of carbonyl (C=O) groups is 5. The fourth-order valence-electron chi connectivity index (χ4n) is 3.67. The van der Waals surface area contributed by atoms with E-state index >= 15 is 0 Å². The molecule has 0 spiro atoms. The minimum absolute atomic E-state index is 0.0721. The lowest BCUT2D eigenvalue weighted by Gasteiger charge is -2.28. The summed E-state index contributed by atoms with van der Waals surface area (Å²) in [6, 6.07) is -1.12. The number of imide groups is 1. The van der Waals surface area contributed by atoms with E-state index in [-0.39, 0.29) is 75.0 Å². The lowest BCUT2D eigenvalue weighted by Crippen LogP contribution is -2.53. The fraction of sp³-hybridized carbons (Fsp3) is 0.720. The number of hydrogen-bond acceptors (Lipinski definition) is 8. The zero-order chi connectivity index (χ0) is 28.3. The van der Waals surface area contributed by atoms with Gasteiger partial charge in [-0.25, -0.2) is 4.79 Å². The highest BCUT2D eigenvalue weighted by Crippen LogP contribution is 2.10.